The standard InChI is InChI=1S/C10H18N2S3/c1-2-3-4-5-6-7-8-12-11-9(13)10(14)15-12/h2-8H2,1H3,(H,11,13). The third kappa shape index (κ3) is 5.04. The summed E-state index contributed by atoms with van der Waals surface area (Å²) in [6.45, 7) is 3.27. The van der Waals surface area contributed by atoms with E-state index in [-0.39, 0.29) is 0 Å². The van der Waals surface area contributed by atoms with E-state index in [0.29, 0.717) is 4.64 Å². The van der Waals surface area contributed by atoms with Crippen molar-refractivity contribution in [1.29, 1.82) is 0 Å². The Balaban J connectivity index is 2.15. The van der Waals surface area contributed by atoms with Crippen LogP contribution in [0.25, 0.3) is 0 Å². The lowest BCUT2D eigenvalue weighted by Crippen LogP contribution is -1.95. The molecule has 5 heteroatoms. The first kappa shape index (κ1) is 13.1. The van der Waals surface area contributed by atoms with Crippen molar-refractivity contribution in [3.63, 3.8) is 0 Å². The molecule has 1 heterocycles. The van der Waals surface area contributed by atoms with Gasteiger partial charge in [-0.1, -0.05) is 63.5 Å². The van der Waals surface area contributed by atoms with E-state index in [1.54, 1.807) is 11.5 Å². The molecule has 15 heavy (non-hydrogen) atoms. The van der Waals surface area contributed by atoms with Crippen molar-refractivity contribution in [3.05, 3.63) is 8.46 Å². The maximum atomic E-state index is 5.07. The van der Waals surface area contributed by atoms with Crippen LogP contribution in [0, 0.1) is 8.46 Å². The smallest absolute Gasteiger partial charge is 0.148 e. The molecule has 1 aromatic rings. The molecule has 0 spiro atoms. The maximum absolute atomic E-state index is 5.07. The highest BCUT2D eigenvalue weighted by molar-refractivity contribution is 7.75. The van der Waals surface area contributed by atoms with Crippen molar-refractivity contribution in [1.82, 2.24) is 9.17 Å². The Kier molecular flexibility index (Phi) is 6.36. The molecular weight excluding hydrogens is 244 g/mol. The molecule has 1 N–H and O–H groups in total. The Labute approximate surface area is 105 Å². The van der Waals surface area contributed by atoms with Crippen LogP contribution in [0.15, 0.2) is 0 Å². The topological polar surface area (TPSA) is 20.7 Å². The number of unbranched alkanes of at least 4 members (excludes halogenated alkanes) is 5. The first-order valence-electron chi connectivity index (χ1n) is 5.54. The van der Waals surface area contributed by atoms with E-state index in [9.17, 15) is 0 Å². The van der Waals surface area contributed by atoms with Gasteiger partial charge >= 0.3 is 0 Å². The number of aromatic nitrogens is 2. The average Bonchev–Trinajstić information content (AvgIpc) is 2.52. The Morgan fingerprint density at radius 3 is 2.40 bits per heavy atom. The molecule has 0 saturated carbocycles. The summed E-state index contributed by atoms with van der Waals surface area (Å²) in [6.07, 6.45) is 7.92. The maximum Gasteiger partial charge on any atom is 0.148 e. The van der Waals surface area contributed by atoms with E-state index in [0.717, 1.165) is 10.4 Å². The first-order valence-corrected chi connectivity index (χ1v) is 7.13. The molecule has 0 aliphatic heterocycles. The van der Waals surface area contributed by atoms with Gasteiger partial charge in [-0.3, -0.25) is 5.10 Å². The van der Waals surface area contributed by atoms with Crippen molar-refractivity contribution in [2.24, 2.45) is 0 Å². The fourth-order valence-electron chi connectivity index (χ4n) is 1.46. The number of hydrogen-bond donors (Lipinski definition) is 1. The van der Waals surface area contributed by atoms with Crippen molar-refractivity contribution in [3.8, 4) is 0 Å². The fraction of sp³-hybridized carbons (Fsp3) is 0.800. The summed E-state index contributed by atoms with van der Waals surface area (Å²) in [6, 6.07) is 0. The molecule has 0 bridgehead atoms. The summed E-state index contributed by atoms with van der Waals surface area (Å²) in [5.41, 5.74) is 0. The van der Waals surface area contributed by atoms with Gasteiger partial charge in [0.2, 0.25) is 0 Å². The van der Waals surface area contributed by atoms with Gasteiger partial charge in [-0.15, -0.1) is 0 Å². The molecule has 0 saturated heterocycles. The highest BCUT2D eigenvalue weighted by Crippen LogP contribution is 2.08. The molecule has 0 amide bonds. The third-order valence-electron chi connectivity index (χ3n) is 2.32. The molecule has 0 fully saturated rings. The minimum Gasteiger partial charge on any atom is -0.277 e. The van der Waals surface area contributed by atoms with Crippen molar-refractivity contribution >= 4 is 36.0 Å². The Morgan fingerprint density at radius 2 is 1.80 bits per heavy atom. The monoisotopic (exact) mass is 262 g/mol. The molecule has 0 unspecified atom stereocenters. The highest BCUT2D eigenvalue weighted by atomic mass is 32.2. The summed E-state index contributed by atoms with van der Waals surface area (Å²) in [7, 11) is 0. The number of rotatable bonds is 7. The van der Waals surface area contributed by atoms with Crippen LogP contribution < -0.4 is 0 Å². The van der Waals surface area contributed by atoms with Gasteiger partial charge < -0.3 is 0 Å². The zero-order valence-electron chi connectivity index (χ0n) is 9.12. The van der Waals surface area contributed by atoms with Crippen LogP contribution in [0.2, 0.25) is 0 Å². The van der Waals surface area contributed by atoms with Crippen LogP contribution in [0.1, 0.15) is 45.4 Å². The summed E-state index contributed by atoms with van der Waals surface area (Å²) >= 11 is 11.7. The molecule has 1 aromatic heterocycles. The first-order chi connectivity index (χ1) is 7.24. The zero-order chi connectivity index (χ0) is 11.1. The number of H-pyrrole nitrogens is 1. The van der Waals surface area contributed by atoms with Gasteiger partial charge in [-0.25, -0.2) is 4.07 Å². The normalized spacial score (nSPS) is 10.7. The summed E-state index contributed by atoms with van der Waals surface area (Å²) < 4.78 is 3.56. The predicted octanol–water partition coefficient (Wildman–Crippen LogP) is 4.70. The number of hydrogen-bond acceptors (Lipinski definition) is 3. The van der Waals surface area contributed by atoms with E-state index >= 15 is 0 Å². The van der Waals surface area contributed by atoms with Gasteiger partial charge in [0.15, 0.2) is 0 Å². The minimum absolute atomic E-state index is 0.709. The largest absolute Gasteiger partial charge is 0.277 e. The van der Waals surface area contributed by atoms with Gasteiger partial charge in [0.1, 0.15) is 8.46 Å². The van der Waals surface area contributed by atoms with E-state index < -0.39 is 0 Å². The zero-order valence-corrected chi connectivity index (χ0v) is 11.6. The van der Waals surface area contributed by atoms with Crippen LogP contribution in [0.4, 0.5) is 0 Å². The minimum atomic E-state index is 0.709. The second-order valence-electron chi connectivity index (χ2n) is 3.69. The van der Waals surface area contributed by atoms with Gasteiger partial charge in [0, 0.05) is 0 Å². The van der Waals surface area contributed by atoms with E-state index in [4.69, 9.17) is 24.4 Å². The molecule has 0 aliphatic rings. The van der Waals surface area contributed by atoms with Crippen LogP contribution in [-0.2, 0) is 6.54 Å². The second kappa shape index (κ2) is 7.30. The summed E-state index contributed by atoms with van der Waals surface area (Å²) in [4.78, 5) is 0. The van der Waals surface area contributed by atoms with E-state index in [2.05, 4.69) is 12.0 Å². The number of nitrogens with zero attached hydrogens (tertiary/aromatic N) is 1. The molecule has 2 nitrogen and oxygen atoms in total. The fourth-order valence-corrected chi connectivity index (χ4v) is 2.74. The van der Waals surface area contributed by atoms with Gasteiger partial charge in [0.05, 0.1) is 6.54 Å². The molecule has 86 valence electrons. The lowest BCUT2D eigenvalue weighted by Gasteiger charge is -2.01. The number of aromatic amines is 1. The highest BCUT2D eigenvalue weighted by Gasteiger charge is 1.95. The molecule has 0 radical (unpaired) electrons. The average molecular weight is 262 g/mol. The summed E-state index contributed by atoms with van der Waals surface area (Å²) in [5.74, 6) is 0. The van der Waals surface area contributed by atoms with Crippen molar-refractivity contribution < 1.29 is 0 Å². The van der Waals surface area contributed by atoms with Crippen LogP contribution in [-0.4, -0.2) is 9.17 Å². The molecule has 0 aromatic carbocycles. The molecule has 0 atom stereocenters. The second-order valence-corrected chi connectivity index (χ2v) is 5.80. The van der Waals surface area contributed by atoms with Crippen molar-refractivity contribution in [2.75, 3.05) is 0 Å². The molecule has 0 aliphatic carbocycles. The quantitative estimate of drug-likeness (QED) is 0.568. The summed E-state index contributed by atoms with van der Waals surface area (Å²) in [5, 5.41) is 3.09. The van der Waals surface area contributed by atoms with E-state index in [1.165, 1.54) is 38.5 Å². The van der Waals surface area contributed by atoms with Crippen molar-refractivity contribution in [2.45, 2.75) is 52.0 Å². The molecule has 1 rings (SSSR count). The predicted molar refractivity (Wildman–Crippen MR) is 71.7 cm³/mol. The SMILES string of the molecule is CCCCCCCCn1[nH]c(=S)c(=S)s1. The lowest BCUT2D eigenvalue weighted by molar-refractivity contribution is 0.549. The Hall–Kier alpha value is -0.0000000000000000555. The van der Waals surface area contributed by atoms with Crippen LogP contribution >= 0.6 is 36.0 Å². The van der Waals surface area contributed by atoms with Crippen LogP contribution in [0.5, 0.6) is 0 Å². The number of aryl methyl sites for hydroxylation is 1. The van der Waals surface area contributed by atoms with Gasteiger partial charge in [-0.05, 0) is 18.0 Å². The lowest BCUT2D eigenvalue weighted by atomic mass is 10.1. The van der Waals surface area contributed by atoms with E-state index in [1.807, 2.05) is 4.07 Å². The Morgan fingerprint density at radius 1 is 1.13 bits per heavy atom. The van der Waals surface area contributed by atoms with Crippen LogP contribution in [0.3, 0.4) is 0 Å². The Bertz CT molecular complexity index is 347. The van der Waals surface area contributed by atoms with Gasteiger partial charge in [-0.2, -0.15) is 0 Å². The number of nitrogens with one attached hydrogen (secondary N) is 1. The molecular formula is C10H18N2S3. The third-order valence-corrected chi connectivity index (χ3v) is 4.17. The van der Waals surface area contributed by atoms with Gasteiger partial charge in [0.25, 0.3) is 0 Å².